The number of aliphatic hydroxyl groups excluding tert-OH is 3. The van der Waals surface area contributed by atoms with E-state index in [1.807, 2.05) is 0 Å². The van der Waals surface area contributed by atoms with Crippen LogP contribution in [0.5, 0.6) is 0 Å². The third-order valence-corrected chi connectivity index (χ3v) is 5.49. The molecule has 1 saturated heterocycles. The van der Waals surface area contributed by atoms with Crippen LogP contribution in [0.4, 0.5) is 0 Å². The van der Waals surface area contributed by atoms with E-state index in [2.05, 4.69) is 19.1 Å². The Kier molecular flexibility index (Phi) is 15.9. The zero-order valence-electron chi connectivity index (χ0n) is 17.9. The van der Waals surface area contributed by atoms with Crippen LogP contribution >= 0.6 is 0 Å². The maximum Gasteiger partial charge on any atom is 0.114 e. The van der Waals surface area contributed by atoms with Crippen molar-refractivity contribution in [3.63, 3.8) is 0 Å². The van der Waals surface area contributed by atoms with Gasteiger partial charge in [-0.3, -0.25) is 0 Å². The normalized spacial score (nSPS) is 23.6. The Morgan fingerprint density at radius 3 is 2.11 bits per heavy atom. The number of hydrogen-bond donors (Lipinski definition) is 3. The van der Waals surface area contributed by atoms with Crippen molar-refractivity contribution < 1.29 is 24.8 Å². The van der Waals surface area contributed by atoms with Crippen molar-refractivity contribution in [1.82, 2.24) is 0 Å². The summed E-state index contributed by atoms with van der Waals surface area (Å²) in [5.41, 5.74) is 0. The molecule has 0 bridgehead atoms. The maximum atomic E-state index is 10.0. The highest BCUT2D eigenvalue weighted by molar-refractivity contribution is 4.89. The van der Waals surface area contributed by atoms with E-state index in [0.717, 1.165) is 12.8 Å². The van der Waals surface area contributed by atoms with Crippen molar-refractivity contribution in [3.8, 4) is 0 Å². The van der Waals surface area contributed by atoms with E-state index in [1.54, 1.807) is 0 Å². The molecule has 28 heavy (non-hydrogen) atoms. The van der Waals surface area contributed by atoms with Gasteiger partial charge in [0.2, 0.25) is 0 Å². The Morgan fingerprint density at radius 2 is 1.50 bits per heavy atom. The molecule has 1 fully saturated rings. The van der Waals surface area contributed by atoms with Crippen molar-refractivity contribution in [1.29, 1.82) is 0 Å². The molecule has 0 saturated carbocycles. The SMILES string of the molecule is CCCCCCCCCCCCC/C=C/CCO[C@H]1CO[C@@H]([C@H](O)CO)[C@H]1O. The molecule has 0 unspecified atom stereocenters. The highest BCUT2D eigenvalue weighted by atomic mass is 16.6. The van der Waals surface area contributed by atoms with Gasteiger partial charge in [-0.05, 0) is 19.3 Å². The first-order valence-electron chi connectivity index (χ1n) is 11.6. The van der Waals surface area contributed by atoms with Gasteiger partial charge in [0.25, 0.3) is 0 Å². The standard InChI is InChI=1S/C23H44O5/c1-2-3-4-5-6-7-8-9-10-11-12-13-14-15-16-17-27-21-19-28-23(22(21)26)20(25)18-24/h14-15,20-26H,2-13,16-19H2,1H3/b15-14+/t20-,21+,22+,23+/m1/s1. The van der Waals surface area contributed by atoms with Gasteiger partial charge in [-0.15, -0.1) is 0 Å². The van der Waals surface area contributed by atoms with E-state index in [1.165, 1.54) is 70.6 Å². The van der Waals surface area contributed by atoms with Crippen molar-refractivity contribution in [3.05, 3.63) is 12.2 Å². The Bertz CT molecular complexity index is 374. The summed E-state index contributed by atoms with van der Waals surface area (Å²) in [6.07, 6.45) is 18.2. The fourth-order valence-electron chi connectivity index (χ4n) is 3.65. The van der Waals surface area contributed by atoms with E-state index in [4.69, 9.17) is 14.6 Å². The van der Waals surface area contributed by atoms with E-state index < -0.39 is 31.0 Å². The molecule has 5 heteroatoms. The van der Waals surface area contributed by atoms with Crippen LogP contribution in [0.1, 0.15) is 90.4 Å². The Balaban J connectivity index is 1.86. The van der Waals surface area contributed by atoms with Crippen LogP contribution in [0.15, 0.2) is 12.2 Å². The molecular formula is C23H44O5. The monoisotopic (exact) mass is 400 g/mol. The molecule has 0 aromatic carbocycles. The summed E-state index contributed by atoms with van der Waals surface area (Å²) in [5, 5.41) is 28.5. The minimum atomic E-state index is -1.06. The summed E-state index contributed by atoms with van der Waals surface area (Å²) in [6, 6.07) is 0. The molecule has 0 amide bonds. The second-order valence-electron chi connectivity index (χ2n) is 8.03. The molecule has 1 aliphatic rings. The van der Waals surface area contributed by atoms with E-state index in [0.29, 0.717) is 6.61 Å². The van der Waals surface area contributed by atoms with E-state index >= 15 is 0 Å². The summed E-state index contributed by atoms with van der Waals surface area (Å²) in [4.78, 5) is 0. The predicted octanol–water partition coefficient (Wildman–Crippen LogP) is 4.13. The average molecular weight is 401 g/mol. The fourth-order valence-corrected chi connectivity index (χ4v) is 3.65. The Hall–Kier alpha value is -0.460. The van der Waals surface area contributed by atoms with Gasteiger partial charge in [0, 0.05) is 0 Å². The van der Waals surface area contributed by atoms with Crippen molar-refractivity contribution >= 4 is 0 Å². The second-order valence-corrected chi connectivity index (χ2v) is 8.03. The average Bonchev–Trinajstić information content (AvgIpc) is 3.07. The predicted molar refractivity (Wildman–Crippen MR) is 113 cm³/mol. The van der Waals surface area contributed by atoms with E-state index in [-0.39, 0.29) is 6.61 Å². The maximum absolute atomic E-state index is 10.0. The fraction of sp³-hybridized carbons (Fsp3) is 0.913. The van der Waals surface area contributed by atoms with Gasteiger partial charge in [-0.1, -0.05) is 83.3 Å². The number of rotatable bonds is 18. The van der Waals surface area contributed by atoms with Gasteiger partial charge in [0.1, 0.15) is 24.4 Å². The molecule has 1 rings (SSSR count). The Labute approximate surface area is 172 Å². The number of allylic oxidation sites excluding steroid dienone is 1. The number of hydrogen-bond acceptors (Lipinski definition) is 5. The molecule has 0 aliphatic carbocycles. The van der Waals surface area contributed by atoms with Gasteiger partial charge in [0.15, 0.2) is 0 Å². The lowest BCUT2D eigenvalue weighted by atomic mass is 10.1. The third-order valence-electron chi connectivity index (χ3n) is 5.49. The molecule has 0 aromatic rings. The highest BCUT2D eigenvalue weighted by Gasteiger charge is 2.40. The second kappa shape index (κ2) is 17.4. The first kappa shape index (κ1) is 25.6. The molecule has 5 nitrogen and oxygen atoms in total. The molecule has 1 heterocycles. The quantitative estimate of drug-likeness (QED) is 0.238. The first-order chi connectivity index (χ1) is 13.7. The highest BCUT2D eigenvalue weighted by Crippen LogP contribution is 2.20. The first-order valence-corrected chi connectivity index (χ1v) is 11.6. The van der Waals surface area contributed by atoms with Crippen LogP contribution in [-0.2, 0) is 9.47 Å². The van der Waals surface area contributed by atoms with Crippen LogP contribution in [0.2, 0.25) is 0 Å². The zero-order valence-corrected chi connectivity index (χ0v) is 17.9. The van der Waals surface area contributed by atoms with Crippen LogP contribution < -0.4 is 0 Å². The largest absolute Gasteiger partial charge is 0.394 e. The zero-order chi connectivity index (χ0) is 20.5. The number of ether oxygens (including phenoxy) is 2. The lowest BCUT2D eigenvalue weighted by Crippen LogP contribution is -2.41. The smallest absolute Gasteiger partial charge is 0.114 e. The van der Waals surface area contributed by atoms with E-state index in [9.17, 15) is 10.2 Å². The summed E-state index contributed by atoms with van der Waals surface area (Å²) < 4.78 is 10.9. The minimum Gasteiger partial charge on any atom is -0.394 e. The summed E-state index contributed by atoms with van der Waals surface area (Å²) >= 11 is 0. The van der Waals surface area contributed by atoms with Gasteiger partial charge in [0.05, 0.1) is 19.8 Å². The lowest BCUT2D eigenvalue weighted by Gasteiger charge is -2.20. The van der Waals surface area contributed by atoms with Crippen molar-refractivity contribution in [2.75, 3.05) is 19.8 Å². The summed E-state index contributed by atoms with van der Waals surface area (Å²) in [7, 11) is 0. The van der Waals surface area contributed by atoms with Gasteiger partial charge >= 0.3 is 0 Å². The van der Waals surface area contributed by atoms with Crippen molar-refractivity contribution in [2.24, 2.45) is 0 Å². The topological polar surface area (TPSA) is 79.2 Å². The van der Waals surface area contributed by atoms with Crippen LogP contribution in [0.25, 0.3) is 0 Å². The molecule has 3 N–H and O–H groups in total. The molecule has 166 valence electrons. The lowest BCUT2D eigenvalue weighted by molar-refractivity contribution is -0.0726. The molecule has 0 aromatic heterocycles. The molecule has 0 spiro atoms. The number of aliphatic hydroxyl groups is 3. The van der Waals surface area contributed by atoms with Crippen LogP contribution in [0, 0.1) is 0 Å². The van der Waals surface area contributed by atoms with Crippen LogP contribution in [-0.4, -0.2) is 59.6 Å². The minimum absolute atomic E-state index is 0.255. The third kappa shape index (κ3) is 11.5. The van der Waals surface area contributed by atoms with Crippen LogP contribution in [0.3, 0.4) is 0 Å². The Morgan fingerprint density at radius 1 is 0.929 bits per heavy atom. The molecule has 0 radical (unpaired) electrons. The molecule has 4 atom stereocenters. The van der Waals surface area contributed by atoms with Gasteiger partial charge < -0.3 is 24.8 Å². The summed E-state index contributed by atoms with van der Waals surface area (Å²) in [6.45, 7) is 2.63. The van der Waals surface area contributed by atoms with Crippen molar-refractivity contribution in [2.45, 2.75) is 115 Å². The molecular weight excluding hydrogens is 356 g/mol. The number of unbranched alkanes of at least 4 members (excludes halogenated alkanes) is 11. The summed E-state index contributed by atoms with van der Waals surface area (Å²) in [5.74, 6) is 0. The van der Waals surface area contributed by atoms with Gasteiger partial charge in [-0.2, -0.15) is 0 Å². The van der Waals surface area contributed by atoms with Gasteiger partial charge in [-0.25, -0.2) is 0 Å². The molecule has 1 aliphatic heterocycles.